The third kappa shape index (κ3) is 4.34. The van der Waals surface area contributed by atoms with Crippen LogP contribution < -0.4 is 5.32 Å². The number of allylic oxidation sites excluding steroid dienone is 1. The van der Waals surface area contributed by atoms with E-state index in [9.17, 15) is 4.79 Å². The van der Waals surface area contributed by atoms with Crippen molar-refractivity contribution in [3.05, 3.63) is 88.7 Å². The van der Waals surface area contributed by atoms with Crippen molar-refractivity contribution in [2.45, 2.75) is 6.29 Å². The number of ether oxygens (including phenoxy) is 2. The Morgan fingerprint density at radius 3 is 2.62 bits per heavy atom. The van der Waals surface area contributed by atoms with E-state index >= 15 is 0 Å². The van der Waals surface area contributed by atoms with E-state index < -0.39 is 6.29 Å². The van der Waals surface area contributed by atoms with Crippen molar-refractivity contribution >= 4 is 27.4 Å². The Balaban J connectivity index is 1.59. The van der Waals surface area contributed by atoms with Crippen LogP contribution in [0.2, 0.25) is 0 Å². The van der Waals surface area contributed by atoms with Gasteiger partial charge in [-0.05, 0) is 30.3 Å². The van der Waals surface area contributed by atoms with Gasteiger partial charge in [0.1, 0.15) is 0 Å². The number of rotatable bonds is 5. The van der Waals surface area contributed by atoms with Crippen LogP contribution in [-0.4, -0.2) is 12.4 Å². The van der Waals surface area contributed by atoms with Crippen molar-refractivity contribution < 1.29 is 14.3 Å². The fourth-order valence-electron chi connectivity index (χ4n) is 2.18. The number of benzene rings is 2. The van der Waals surface area contributed by atoms with Gasteiger partial charge >= 0.3 is 0 Å². The zero-order valence-electron chi connectivity index (χ0n) is 12.8. The zero-order valence-corrected chi connectivity index (χ0v) is 14.4. The summed E-state index contributed by atoms with van der Waals surface area (Å²) in [6.45, 7) is 0.342. The van der Waals surface area contributed by atoms with Crippen LogP contribution in [0.4, 0.5) is 5.69 Å². The summed E-state index contributed by atoms with van der Waals surface area (Å²) in [6.07, 6.45) is 4.14. The summed E-state index contributed by atoms with van der Waals surface area (Å²) < 4.78 is 12.2. The maximum atomic E-state index is 12.2. The summed E-state index contributed by atoms with van der Waals surface area (Å²) in [5, 5.41) is 3.05. The van der Waals surface area contributed by atoms with Crippen molar-refractivity contribution in [1.29, 1.82) is 0 Å². The van der Waals surface area contributed by atoms with Crippen LogP contribution in [0.1, 0.15) is 11.9 Å². The number of carbonyl (C=O) groups is 1. The largest absolute Gasteiger partial charge is 0.457 e. The standard InChI is InChI=1S/C19H16BrNO3/c20-15-6-8-16(9-7-15)21-12-10-17(22)18-11-13-23-19(24-18)14-4-2-1-3-5-14/h1-12,19,21H,13H2/b12-10-. The molecule has 0 aromatic heterocycles. The number of carbonyl (C=O) groups excluding carboxylic acids is 1. The molecule has 0 fully saturated rings. The monoisotopic (exact) mass is 385 g/mol. The third-order valence-corrected chi connectivity index (χ3v) is 3.92. The van der Waals surface area contributed by atoms with E-state index in [1.54, 1.807) is 12.3 Å². The molecule has 2 aromatic rings. The fraction of sp³-hybridized carbons (Fsp3) is 0.105. The minimum absolute atomic E-state index is 0.205. The first kappa shape index (κ1) is 16.5. The van der Waals surface area contributed by atoms with E-state index in [-0.39, 0.29) is 5.78 Å². The van der Waals surface area contributed by atoms with Crippen LogP contribution in [0.15, 0.2) is 83.2 Å². The number of anilines is 1. The molecule has 3 rings (SSSR count). The maximum Gasteiger partial charge on any atom is 0.227 e. The Morgan fingerprint density at radius 2 is 1.88 bits per heavy atom. The minimum atomic E-state index is -0.553. The lowest BCUT2D eigenvalue weighted by Crippen LogP contribution is -2.18. The van der Waals surface area contributed by atoms with E-state index in [1.165, 1.54) is 6.08 Å². The molecule has 0 saturated heterocycles. The summed E-state index contributed by atoms with van der Waals surface area (Å²) >= 11 is 3.38. The predicted molar refractivity (Wildman–Crippen MR) is 96.2 cm³/mol. The number of ketones is 1. The topological polar surface area (TPSA) is 47.6 Å². The van der Waals surface area contributed by atoms with Gasteiger partial charge in [0.05, 0.1) is 6.61 Å². The van der Waals surface area contributed by atoms with Crippen molar-refractivity contribution in [3.63, 3.8) is 0 Å². The van der Waals surface area contributed by atoms with Gasteiger partial charge in [0.25, 0.3) is 0 Å². The quantitative estimate of drug-likeness (QED) is 0.765. The first-order chi connectivity index (χ1) is 11.7. The molecule has 1 atom stereocenters. The molecule has 0 amide bonds. The highest BCUT2D eigenvalue weighted by Crippen LogP contribution is 2.25. The second kappa shape index (κ2) is 7.95. The van der Waals surface area contributed by atoms with E-state index in [4.69, 9.17) is 9.47 Å². The van der Waals surface area contributed by atoms with E-state index in [1.807, 2.05) is 54.6 Å². The lowest BCUT2D eigenvalue weighted by atomic mass is 10.2. The fourth-order valence-corrected chi connectivity index (χ4v) is 2.45. The van der Waals surface area contributed by atoms with Crippen LogP contribution in [0, 0.1) is 0 Å². The molecule has 24 heavy (non-hydrogen) atoms. The normalized spacial score (nSPS) is 17.2. The van der Waals surface area contributed by atoms with Crippen LogP contribution in [0.25, 0.3) is 0 Å². The number of nitrogens with one attached hydrogen (secondary N) is 1. The predicted octanol–water partition coefficient (Wildman–Crippen LogP) is 4.57. The Kier molecular flexibility index (Phi) is 5.46. The van der Waals surface area contributed by atoms with Gasteiger partial charge < -0.3 is 14.8 Å². The first-order valence-electron chi connectivity index (χ1n) is 7.49. The Morgan fingerprint density at radius 1 is 1.12 bits per heavy atom. The Bertz CT molecular complexity index is 754. The second-order valence-electron chi connectivity index (χ2n) is 5.11. The lowest BCUT2D eigenvalue weighted by Gasteiger charge is -2.24. The number of hydrogen-bond acceptors (Lipinski definition) is 4. The molecule has 0 spiro atoms. The van der Waals surface area contributed by atoms with Crippen molar-refractivity contribution in [2.24, 2.45) is 0 Å². The highest BCUT2D eigenvalue weighted by molar-refractivity contribution is 9.10. The molecular weight excluding hydrogens is 370 g/mol. The molecule has 1 N–H and O–H groups in total. The Hall–Kier alpha value is -2.37. The zero-order chi connectivity index (χ0) is 16.8. The van der Waals surface area contributed by atoms with Crippen LogP contribution in [0.3, 0.4) is 0 Å². The second-order valence-corrected chi connectivity index (χ2v) is 6.03. The molecule has 122 valence electrons. The molecule has 2 aromatic carbocycles. The summed E-state index contributed by atoms with van der Waals surface area (Å²) in [7, 11) is 0. The maximum absolute atomic E-state index is 12.2. The van der Waals surface area contributed by atoms with Crippen molar-refractivity contribution in [1.82, 2.24) is 0 Å². The van der Waals surface area contributed by atoms with Gasteiger partial charge in [-0.25, -0.2) is 0 Å². The smallest absolute Gasteiger partial charge is 0.227 e. The summed E-state index contributed by atoms with van der Waals surface area (Å²) in [5.41, 5.74) is 1.78. The number of hydrogen-bond donors (Lipinski definition) is 1. The van der Waals surface area contributed by atoms with Gasteiger partial charge in [-0.15, -0.1) is 0 Å². The average molecular weight is 386 g/mol. The molecule has 0 radical (unpaired) electrons. The molecule has 1 heterocycles. The lowest BCUT2D eigenvalue weighted by molar-refractivity contribution is -0.142. The van der Waals surface area contributed by atoms with E-state index in [0.717, 1.165) is 15.7 Å². The Labute approximate surface area is 148 Å². The van der Waals surface area contributed by atoms with Crippen molar-refractivity contribution in [3.8, 4) is 0 Å². The molecule has 1 aliphatic rings. The van der Waals surface area contributed by atoms with Gasteiger partial charge in [0, 0.05) is 28.0 Å². The van der Waals surface area contributed by atoms with Gasteiger partial charge in [-0.3, -0.25) is 4.79 Å². The third-order valence-electron chi connectivity index (χ3n) is 3.39. The van der Waals surface area contributed by atoms with Gasteiger partial charge in [-0.1, -0.05) is 46.3 Å². The molecule has 4 nitrogen and oxygen atoms in total. The van der Waals surface area contributed by atoms with Crippen LogP contribution >= 0.6 is 15.9 Å². The minimum Gasteiger partial charge on any atom is -0.457 e. The average Bonchev–Trinajstić information content (AvgIpc) is 2.64. The summed E-state index contributed by atoms with van der Waals surface area (Å²) in [5.74, 6) is 0.0906. The van der Waals surface area contributed by atoms with Gasteiger partial charge in [0.15, 0.2) is 5.76 Å². The summed E-state index contributed by atoms with van der Waals surface area (Å²) in [6, 6.07) is 17.2. The SMILES string of the molecule is O=C(/C=C\Nc1ccc(Br)cc1)C1=CCOC(c2ccccc2)O1. The number of halogens is 1. The molecule has 5 heteroatoms. The molecule has 1 aliphatic heterocycles. The van der Waals surface area contributed by atoms with Gasteiger partial charge in [-0.2, -0.15) is 0 Å². The van der Waals surface area contributed by atoms with Crippen molar-refractivity contribution in [2.75, 3.05) is 11.9 Å². The molecule has 0 saturated carbocycles. The van der Waals surface area contributed by atoms with Gasteiger partial charge in [0.2, 0.25) is 12.1 Å². The molecule has 0 aliphatic carbocycles. The highest BCUT2D eigenvalue weighted by Gasteiger charge is 2.21. The van der Waals surface area contributed by atoms with Crippen LogP contribution in [-0.2, 0) is 14.3 Å². The highest BCUT2D eigenvalue weighted by atomic mass is 79.9. The van der Waals surface area contributed by atoms with E-state index in [2.05, 4.69) is 21.2 Å². The van der Waals surface area contributed by atoms with Crippen LogP contribution in [0.5, 0.6) is 0 Å². The molecule has 1 unspecified atom stereocenters. The van der Waals surface area contributed by atoms with E-state index in [0.29, 0.717) is 12.4 Å². The molecular formula is C19H16BrNO3. The summed E-state index contributed by atoms with van der Waals surface area (Å²) in [4.78, 5) is 12.2. The molecule has 0 bridgehead atoms. The first-order valence-corrected chi connectivity index (χ1v) is 8.28.